The molecule has 17 atom stereocenters. The summed E-state index contributed by atoms with van der Waals surface area (Å²) in [6, 6.07) is -1.00. The number of aliphatic hydroxyl groups is 11. The van der Waals surface area contributed by atoms with Gasteiger partial charge in [-0.05, 0) is 83.5 Å². The fraction of sp³-hybridized carbons (Fsp3) is 0.758. The van der Waals surface area contributed by atoms with Crippen LogP contribution in [-0.2, 0) is 33.2 Å². The fourth-order valence-electron chi connectivity index (χ4n) is 9.68. The zero-order valence-electron chi connectivity index (χ0n) is 48.5. The number of allylic oxidation sites excluding steroid dienone is 13. The van der Waals surface area contributed by atoms with Gasteiger partial charge in [0.2, 0.25) is 5.91 Å². The summed E-state index contributed by atoms with van der Waals surface area (Å²) in [7, 11) is 0. The van der Waals surface area contributed by atoms with Crippen molar-refractivity contribution >= 4 is 5.91 Å². The molecule has 17 unspecified atom stereocenters. The number of hydrogen-bond acceptors (Lipinski definition) is 18. The highest BCUT2D eigenvalue weighted by Gasteiger charge is 2.53. The molecule has 0 saturated carbocycles. The van der Waals surface area contributed by atoms with Gasteiger partial charge in [0.15, 0.2) is 18.9 Å². The smallest absolute Gasteiger partial charge is 0.220 e. The van der Waals surface area contributed by atoms with Gasteiger partial charge in [-0.25, -0.2) is 0 Å². The first-order chi connectivity index (χ1) is 39.3. The van der Waals surface area contributed by atoms with E-state index in [1.165, 1.54) is 44.9 Å². The Morgan fingerprint density at radius 1 is 0.457 bits per heavy atom. The number of unbranched alkanes of at least 4 members (excludes halogenated alkanes) is 15. The first-order valence-corrected chi connectivity index (χ1v) is 30.3. The molecule has 3 aliphatic heterocycles. The van der Waals surface area contributed by atoms with Crippen LogP contribution in [0.15, 0.2) is 85.1 Å². The van der Waals surface area contributed by atoms with Crippen LogP contribution in [0.1, 0.15) is 168 Å². The van der Waals surface area contributed by atoms with Crippen LogP contribution < -0.4 is 5.32 Å². The van der Waals surface area contributed by atoms with Crippen LogP contribution in [0.3, 0.4) is 0 Å². The molecule has 0 aromatic carbocycles. The molecular weight excluding hydrogens is 1050 g/mol. The molecule has 3 rings (SSSR count). The van der Waals surface area contributed by atoms with E-state index in [2.05, 4.69) is 92.1 Å². The highest BCUT2D eigenvalue weighted by molar-refractivity contribution is 5.76. The summed E-state index contributed by atoms with van der Waals surface area (Å²) >= 11 is 0. The Balaban J connectivity index is 1.51. The molecule has 0 radical (unpaired) electrons. The summed E-state index contributed by atoms with van der Waals surface area (Å²) < 4.78 is 34.2. The van der Waals surface area contributed by atoms with E-state index in [0.717, 1.165) is 89.9 Å². The minimum absolute atomic E-state index is 0.217. The Morgan fingerprint density at radius 3 is 1.38 bits per heavy atom. The van der Waals surface area contributed by atoms with Crippen molar-refractivity contribution in [2.45, 2.75) is 272 Å². The van der Waals surface area contributed by atoms with Crippen LogP contribution >= 0.6 is 0 Å². The van der Waals surface area contributed by atoms with Crippen molar-refractivity contribution < 1.29 is 89.4 Å². The van der Waals surface area contributed by atoms with Gasteiger partial charge >= 0.3 is 0 Å². The molecule has 0 aromatic heterocycles. The molecule has 12 N–H and O–H groups in total. The van der Waals surface area contributed by atoms with Gasteiger partial charge in [-0.15, -0.1) is 0 Å². The molecule has 0 aliphatic carbocycles. The molecule has 3 aliphatic rings. The van der Waals surface area contributed by atoms with E-state index in [4.69, 9.17) is 28.4 Å². The minimum atomic E-state index is -1.99. The summed E-state index contributed by atoms with van der Waals surface area (Å²) in [6.07, 6.45) is 27.0. The number of carbonyl (C=O) groups excluding carboxylic acids is 1. The highest BCUT2D eigenvalue weighted by atomic mass is 16.8. The normalized spacial score (nSPS) is 30.4. The number of ether oxygens (including phenoxy) is 6. The topological polar surface area (TPSA) is 307 Å². The van der Waals surface area contributed by atoms with Crippen molar-refractivity contribution in [2.24, 2.45) is 0 Å². The van der Waals surface area contributed by atoms with Crippen LogP contribution in [0.5, 0.6) is 0 Å². The fourth-order valence-corrected chi connectivity index (χ4v) is 9.68. The number of carbonyl (C=O) groups is 1. The molecule has 19 heteroatoms. The molecule has 0 aromatic rings. The number of rotatable bonds is 43. The Kier molecular flexibility index (Phi) is 39.6. The Hall–Kier alpha value is -3.03. The van der Waals surface area contributed by atoms with Crippen molar-refractivity contribution in [1.29, 1.82) is 0 Å². The number of amides is 1. The van der Waals surface area contributed by atoms with Gasteiger partial charge in [0.25, 0.3) is 0 Å². The summed E-state index contributed by atoms with van der Waals surface area (Å²) in [5, 5.41) is 120. The van der Waals surface area contributed by atoms with E-state index in [-0.39, 0.29) is 18.9 Å². The molecular formula is C62H105NO18. The van der Waals surface area contributed by atoms with Gasteiger partial charge in [-0.3, -0.25) is 4.79 Å². The summed E-state index contributed by atoms with van der Waals surface area (Å²) in [5.74, 6) is -0.303. The molecule has 0 spiro atoms. The summed E-state index contributed by atoms with van der Waals surface area (Å²) in [5.41, 5.74) is 0. The standard InChI is InChI=1S/C62H105NO18/c1-3-5-7-9-11-13-15-17-19-20-21-22-23-24-26-28-30-32-34-36-38-40-50(68)63-45(46(67)39-37-35-33-31-29-27-25-18-16-14-12-10-8-6-4-2)44-76-60-56(74)53(71)58(48(42-65)78-60)81-62-57(75)54(72)59(49(43-66)79-62)80-61-55(73)52(70)51(69)47(41-64)77-61/h5,7,11,13,16-19,21-22,29,31,37,39,45-49,51-62,64-67,69-75H,3-4,6,8-10,12,14-15,20,23-28,30,32-36,38,40-44H2,1-2H3,(H,63,68)/b7-5-,13-11-,18-16+,19-17-,22-21-,31-29+,39-37+. The summed E-state index contributed by atoms with van der Waals surface area (Å²) in [4.78, 5) is 13.3. The van der Waals surface area contributed by atoms with E-state index in [1.54, 1.807) is 6.08 Å². The molecule has 19 nitrogen and oxygen atoms in total. The van der Waals surface area contributed by atoms with E-state index < -0.39 is 124 Å². The quantitative estimate of drug-likeness (QED) is 0.0261. The van der Waals surface area contributed by atoms with Gasteiger partial charge in [-0.1, -0.05) is 163 Å². The third-order valence-corrected chi connectivity index (χ3v) is 14.7. The van der Waals surface area contributed by atoms with Gasteiger partial charge in [-0.2, -0.15) is 0 Å². The SMILES string of the molecule is CC/C=C\C/C=C\C/C=C\C/C=C\CCCCCCCCCCC(=O)NC(COC1OC(CO)C(OC2OC(CO)C(OC3OC(CO)C(O)C(O)C3O)C(O)C2O)C(O)C1O)C(O)/C=C/CC/C=C/CC/C=C/CCCCCCC. The van der Waals surface area contributed by atoms with Crippen molar-refractivity contribution in [3.63, 3.8) is 0 Å². The minimum Gasteiger partial charge on any atom is -0.394 e. The molecule has 1 amide bonds. The van der Waals surface area contributed by atoms with E-state index >= 15 is 0 Å². The highest BCUT2D eigenvalue weighted by Crippen LogP contribution is 2.33. The van der Waals surface area contributed by atoms with E-state index in [0.29, 0.717) is 12.8 Å². The number of aliphatic hydroxyl groups excluding tert-OH is 11. The van der Waals surface area contributed by atoms with Gasteiger partial charge in [0.1, 0.15) is 73.2 Å². The largest absolute Gasteiger partial charge is 0.394 e. The van der Waals surface area contributed by atoms with Gasteiger partial charge < -0.3 is 89.9 Å². The first kappa shape index (κ1) is 72.2. The lowest BCUT2D eigenvalue weighted by atomic mass is 9.96. The van der Waals surface area contributed by atoms with Crippen LogP contribution in [0, 0.1) is 0 Å². The second kappa shape index (κ2) is 44.4. The first-order valence-electron chi connectivity index (χ1n) is 30.3. The van der Waals surface area contributed by atoms with Crippen LogP contribution in [0.2, 0.25) is 0 Å². The van der Waals surface area contributed by atoms with Crippen molar-refractivity contribution in [2.75, 3.05) is 26.4 Å². The maximum absolute atomic E-state index is 13.3. The average Bonchev–Trinajstić information content (AvgIpc) is 3.46. The Labute approximate surface area is 482 Å². The lowest BCUT2D eigenvalue weighted by Crippen LogP contribution is -2.66. The monoisotopic (exact) mass is 1150 g/mol. The van der Waals surface area contributed by atoms with Gasteiger partial charge in [0, 0.05) is 6.42 Å². The number of nitrogens with one attached hydrogen (secondary N) is 1. The Bertz CT molecular complexity index is 1810. The lowest BCUT2D eigenvalue weighted by Gasteiger charge is -2.48. The third kappa shape index (κ3) is 28.1. The molecule has 3 fully saturated rings. The van der Waals surface area contributed by atoms with Crippen molar-refractivity contribution in [3.8, 4) is 0 Å². The van der Waals surface area contributed by atoms with Crippen molar-refractivity contribution in [3.05, 3.63) is 85.1 Å². The zero-order chi connectivity index (χ0) is 59.0. The van der Waals surface area contributed by atoms with Crippen LogP contribution in [0.4, 0.5) is 0 Å². The molecule has 81 heavy (non-hydrogen) atoms. The van der Waals surface area contributed by atoms with E-state index in [9.17, 15) is 61.0 Å². The molecule has 3 heterocycles. The molecule has 466 valence electrons. The average molecular weight is 1150 g/mol. The van der Waals surface area contributed by atoms with Crippen molar-refractivity contribution in [1.82, 2.24) is 5.32 Å². The second-order valence-electron chi connectivity index (χ2n) is 21.4. The summed E-state index contributed by atoms with van der Waals surface area (Å²) in [6.45, 7) is 1.53. The predicted octanol–water partition coefficient (Wildman–Crippen LogP) is 5.59. The van der Waals surface area contributed by atoms with Gasteiger partial charge in [0.05, 0.1) is 38.6 Å². The maximum Gasteiger partial charge on any atom is 0.220 e. The van der Waals surface area contributed by atoms with Crippen LogP contribution in [0.25, 0.3) is 0 Å². The predicted molar refractivity (Wildman–Crippen MR) is 309 cm³/mol. The molecule has 3 saturated heterocycles. The Morgan fingerprint density at radius 2 is 0.864 bits per heavy atom. The van der Waals surface area contributed by atoms with E-state index in [1.807, 2.05) is 6.08 Å². The second-order valence-corrected chi connectivity index (χ2v) is 21.4. The third-order valence-electron chi connectivity index (χ3n) is 14.7. The lowest BCUT2D eigenvalue weighted by molar-refractivity contribution is -0.379. The number of hydrogen-bond donors (Lipinski definition) is 12. The van der Waals surface area contributed by atoms with Crippen LogP contribution in [-0.4, -0.2) is 193 Å². The maximum atomic E-state index is 13.3. The molecule has 0 bridgehead atoms. The zero-order valence-corrected chi connectivity index (χ0v) is 48.5.